The maximum Gasteiger partial charge on any atom is 0.132 e. The molecule has 5 atom stereocenters. The largest absolute Gasteiger partial charge is 0.387 e. The summed E-state index contributed by atoms with van der Waals surface area (Å²) in [5.41, 5.74) is 1.57. The first kappa shape index (κ1) is 21.3. The molecule has 0 radical (unpaired) electrons. The van der Waals surface area contributed by atoms with E-state index in [9.17, 15) is 10.2 Å². The number of hydrogen-bond acceptors (Lipinski definition) is 6. The number of thioether (sulfide) groups is 1. The van der Waals surface area contributed by atoms with Crippen molar-refractivity contribution in [2.75, 3.05) is 12.4 Å². The third kappa shape index (κ3) is 5.80. The topological polar surface area (TPSA) is 68.2 Å². The lowest BCUT2D eigenvalue weighted by atomic mass is 10.00. The smallest absolute Gasteiger partial charge is 0.132 e. The van der Waals surface area contributed by atoms with E-state index in [2.05, 4.69) is 0 Å². The Morgan fingerprint density at radius 2 is 1.50 bits per heavy atom. The molecular weight excluding hydrogens is 376 g/mol. The molecule has 1 aliphatic rings. The molecule has 5 nitrogen and oxygen atoms in total. The van der Waals surface area contributed by atoms with Crippen LogP contribution in [0.1, 0.15) is 18.1 Å². The van der Waals surface area contributed by atoms with Crippen molar-refractivity contribution in [2.45, 2.75) is 50.0 Å². The van der Waals surface area contributed by atoms with Crippen molar-refractivity contribution in [1.82, 2.24) is 0 Å². The zero-order valence-corrected chi connectivity index (χ0v) is 16.8. The fourth-order valence-electron chi connectivity index (χ4n) is 3.18. The minimum atomic E-state index is -1.04. The van der Waals surface area contributed by atoms with Crippen LogP contribution in [-0.4, -0.2) is 52.4 Å². The maximum absolute atomic E-state index is 10.7. The van der Waals surface area contributed by atoms with Gasteiger partial charge < -0.3 is 24.4 Å². The minimum Gasteiger partial charge on any atom is -0.387 e. The minimum absolute atomic E-state index is 0.277. The third-order valence-corrected chi connectivity index (χ3v) is 5.70. The highest BCUT2D eigenvalue weighted by atomic mass is 32.2. The Kier molecular flexibility index (Phi) is 8.33. The van der Waals surface area contributed by atoms with Crippen LogP contribution in [0.3, 0.4) is 0 Å². The van der Waals surface area contributed by atoms with Gasteiger partial charge in [0.2, 0.25) is 0 Å². The number of benzene rings is 2. The molecule has 1 fully saturated rings. The molecule has 0 aromatic heterocycles. The number of rotatable bonds is 9. The lowest BCUT2D eigenvalue weighted by molar-refractivity contribution is -0.228. The van der Waals surface area contributed by atoms with Crippen molar-refractivity contribution in [3.63, 3.8) is 0 Å². The quantitative estimate of drug-likeness (QED) is 0.670. The molecular formula is C22H28O5S. The number of hydrogen-bond donors (Lipinski definition) is 2. The number of aliphatic hydroxyl groups excluding tert-OH is 2. The summed E-state index contributed by atoms with van der Waals surface area (Å²) >= 11 is 1.47. The molecule has 0 bridgehead atoms. The Morgan fingerprint density at radius 1 is 0.893 bits per heavy atom. The van der Waals surface area contributed by atoms with Crippen LogP contribution in [0.5, 0.6) is 0 Å². The summed E-state index contributed by atoms with van der Waals surface area (Å²) in [6, 6.07) is 19.6. The predicted molar refractivity (Wildman–Crippen MR) is 110 cm³/mol. The van der Waals surface area contributed by atoms with Gasteiger partial charge in [0.25, 0.3) is 0 Å². The zero-order valence-electron chi connectivity index (χ0n) is 16.0. The molecule has 0 amide bonds. The van der Waals surface area contributed by atoms with Crippen molar-refractivity contribution in [3.8, 4) is 0 Å². The van der Waals surface area contributed by atoms with Crippen LogP contribution in [0.2, 0.25) is 0 Å². The second kappa shape index (κ2) is 11.0. The highest BCUT2D eigenvalue weighted by molar-refractivity contribution is 7.99. The Bertz CT molecular complexity index is 684. The monoisotopic (exact) mass is 404 g/mol. The molecule has 2 aromatic carbocycles. The van der Waals surface area contributed by atoms with Gasteiger partial charge in [-0.15, -0.1) is 11.8 Å². The van der Waals surface area contributed by atoms with Gasteiger partial charge in [0.1, 0.15) is 29.9 Å². The van der Waals surface area contributed by atoms with Gasteiger partial charge in [0.05, 0.1) is 19.8 Å². The fourth-order valence-corrected chi connectivity index (χ4v) is 4.09. The Morgan fingerprint density at radius 3 is 2.11 bits per heavy atom. The van der Waals surface area contributed by atoms with E-state index in [0.717, 1.165) is 16.9 Å². The summed E-state index contributed by atoms with van der Waals surface area (Å²) in [5.74, 6) is 0.779. The first-order valence-corrected chi connectivity index (χ1v) is 10.6. The van der Waals surface area contributed by atoms with Crippen LogP contribution in [0.25, 0.3) is 0 Å². The highest BCUT2D eigenvalue weighted by Crippen LogP contribution is 2.30. The van der Waals surface area contributed by atoms with Crippen molar-refractivity contribution < 1.29 is 24.4 Å². The van der Waals surface area contributed by atoms with Crippen LogP contribution in [0.4, 0.5) is 0 Å². The molecule has 2 aromatic rings. The number of ether oxygens (including phenoxy) is 3. The van der Waals surface area contributed by atoms with E-state index in [1.54, 1.807) is 0 Å². The van der Waals surface area contributed by atoms with Gasteiger partial charge in [-0.05, 0) is 16.9 Å². The lowest BCUT2D eigenvalue weighted by Gasteiger charge is -2.42. The summed E-state index contributed by atoms with van der Waals surface area (Å²) in [6.45, 7) is 3.06. The van der Waals surface area contributed by atoms with E-state index in [4.69, 9.17) is 14.2 Å². The summed E-state index contributed by atoms with van der Waals surface area (Å²) in [4.78, 5) is 0. The van der Waals surface area contributed by atoms with E-state index < -0.39 is 29.9 Å². The molecule has 3 rings (SSSR count). The molecule has 152 valence electrons. The van der Waals surface area contributed by atoms with Gasteiger partial charge in [-0.3, -0.25) is 0 Å². The predicted octanol–water partition coefficient (Wildman–Crippen LogP) is 2.99. The fraction of sp³-hybridized carbons (Fsp3) is 0.455. The molecule has 0 spiro atoms. The van der Waals surface area contributed by atoms with Crippen LogP contribution >= 0.6 is 11.8 Å². The summed E-state index contributed by atoms with van der Waals surface area (Å²) < 4.78 is 17.9. The first-order chi connectivity index (χ1) is 13.7. The molecule has 1 aliphatic heterocycles. The third-order valence-electron chi connectivity index (χ3n) is 4.65. The normalized spacial score (nSPS) is 27.6. The van der Waals surface area contributed by atoms with E-state index in [1.165, 1.54) is 11.8 Å². The molecule has 0 unspecified atom stereocenters. The van der Waals surface area contributed by atoms with Gasteiger partial charge in [-0.2, -0.15) is 0 Å². The standard InChI is InChI=1S/C22H28O5S/c1-2-28-22-20(24)19(23)21(26-14-17-11-7-4-8-12-17)18(27-22)15-25-13-16-9-5-3-6-10-16/h3-12,18-24H,2,13-15H2,1H3/t18-,19-,20+,21-,22-/m1/s1. The zero-order chi connectivity index (χ0) is 19.8. The Balaban J connectivity index is 1.63. The van der Waals surface area contributed by atoms with Gasteiger partial charge >= 0.3 is 0 Å². The first-order valence-electron chi connectivity index (χ1n) is 9.59. The Labute approximate surface area is 170 Å². The van der Waals surface area contributed by atoms with Crippen LogP contribution in [0.15, 0.2) is 60.7 Å². The highest BCUT2D eigenvalue weighted by Gasteiger charge is 2.45. The maximum atomic E-state index is 10.7. The SMILES string of the molecule is CCS[C@H]1O[C@H](COCc2ccccc2)[C@@H](OCc2ccccc2)[C@H](O)[C@@H]1O. The lowest BCUT2D eigenvalue weighted by Crippen LogP contribution is -2.58. The Hall–Kier alpha value is -1.41. The van der Waals surface area contributed by atoms with Crippen LogP contribution in [-0.2, 0) is 27.4 Å². The molecule has 0 saturated carbocycles. The van der Waals surface area contributed by atoms with E-state index >= 15 is 0 Å². The molecule has 2 N–H and O–H groups in total. The molecule has 0 aliphatic carbocycles. The summed E-state index contributed by atoms with van der Waals surface area (Å²) in [7, 11) is 0. The van der Waals surface area contributed by atoms with Gasteiger partial charge in [0, 0.05) is 0 Å². The van der Waals surface area contributed by atoms with Crippen molar-refractivity contribution >= 4 is 11.8 Å². The van der Waals surface area contributed by atoms with E-state index in [-0.39, 0.29) is 6.61 Å². The summed E-state index contributed by atoms with van der Waals surface area (Å²) in [5, 5.41) is 21.1. The molecule has 1 saturated heterocycles. The van der Waals surface area contributed by atoms with Gasteiger partial charge in [-0.25, -0.2) is 0 Å². The van der Waals surface area contributed by atoms with Crippen LogP contribution in [0, 0.1) is 0 Å². The van der Waals surface area contributed by atoms with Crippen molar-refractivity contribution in [3.05, 3.63) is 71.8 Å². The van der Waals surface area contributed by atoms with Crippen molar-refractivity contribution in [2.24, 2.45) is 0 Å². The van der Waals surface area contributed by atoms with Gasteiger partial charge in [-0.1, -0.05) is 67.6 Å². The second-order valence-electron chi connectivity index (χ2n) is 6.74. The number of aliphatic hydroxyl groups is 2. The average molecular weight is 405 g/mol. The average Bonchev–Trinajstić information content (AvgIpc) is 2.73. The van der Waals surface area contributed by atoms with Crippen molar-refractivity contribution in [1.29, 1.82) is 0 Å². The molecule has 28 heavy (non-hydrogen) atoms. The molecule has 1 heterocycles. The van der Waals surface area contributed by atoms with Gasteiger partial charge in [0.15, 0.2) is 0 Å². The second-order valence-corrected chi connectivity index (χ2v) is 8.12. The summed E-state index contributed by atoms with van der Waals surface area (Å²) in [6.07, 6.45) is -3.17. The van der Waals surface area contributed by atoms with E-state index in [1.807, 2.05) is 67.6 Å². The molecule has 6 heteroatoms. The van der Waals surface area contributed by atoms with E-state index in [0.29, 0.717) is 13.2 Å². The van der Waals surface area contributed by atoms with Crippen LogP contribution < -0.4 is 0 Å².